The lowest BCUT2D eigenvalue weighted by molar-refractivity contribution is 0.741. The van der Waals surface area contributed by atoms with E-state index in [1.54, 1.807) is 0 Å². The molecule has 2 rings (SSSR count). The van der Waals surface area contributed by atoms with Crippen molar-refractivity contribution in [2.24, 2.45) is 0 Å². The van der Waals surface area contributed by atoms with E-state index in [0.717, 1.165) is 6.54 Å². The Morgan fingerprint density at radius 3 is 2.87 bits per heavy atom. The quantitative estimate of drug-likeness (QED) is 0.797. The second-order valence-corrected chi connectivity index (χ2v) is 4.54. The van der Waals surface area contributed by atoms with Gasteiger partial charge in [0.2, 0.25) is 0 Å². The first-order valence-electron chi connectivity index (χ1n) is 5.78. The third-order valence-corrected chi connectivity index (χ3v) is 3.22. The van der Waals surface area contributed by atoms with Crippen molar-refractivity contribution >= 4 is 11.4 Å². The maximum atomic E-state index is 3.47. The summed E-state index contributed by atoms with van der Waals surface area (Å²) < 4.78 is 0. The molecule has 1 heterocycles. The number of fused-ring (bicyclic) bond motifs is 1. The monoisotopic (exact) mass is 204 g/mol. The molecule has 1 aromatic carbocycles. The molecule has 82 valence electrons. The number of anilines is 2. The molecule has 15 heavy (non-hydrogen) atoms. The van der Waals surface area contributed by atoms with Gasteiger partial charge in [-0.2, -0.15) is 0 Å². The molecule has 0 radical (unpaired) electrons. The van der Waals surface area contributed by atoms with Crippen molar-refractivity contribution in [1.29, 1.82) is 0 Å². The molecule has 0 spiro atoms. The topological polar surface area (TPSA) is 15.3 Å². The van der Waals surface area contributed by atoms with Crippen molar-refractivity contribution in [3.63, 3.8) is 0 Å². The lowest BCUT2D eigenvalue weighted by atomic mass is 10.0. The Labute approximate surface area is 92.3 Å². The van der Waals surface area contributed by atoms with E-state index in [9.17, 15) is 0 Å². The Hall–Kier alpha value is -1.18. The van der Waals surface area contributed by atoms with Gasteiger partial charge in [0.25, 0.3) is 0 Å². The maximum absolute atomic E-state index is 3.47. The van der Waals surface area contributed by atoms with Gasteiger partial charge in [-0.3, -0.25) is 0 Å². The largest absolute Gasteiger partial charge is 0.385 e. The van der Waals surface area contributed by atoms with Gasteiger partial charge in [-0.25, -0.2) is 0 Å². The first-order chi connectivity index (χ1) is 7.20. The molecule has 0 amide bonds. The van der Waals surface area contributed by atoms with Crippen LogP contribution in [0.2, 0.25) is 0 Å². The minimum absolute atomic E-state index is 0.554. The highest BCUT2D eigenvalue weighted by Crippen LogP contribution is 2.31. The fraction of sp³-hybridized carbons (Fsp3) is 0.538. The molecule has 0 aromatic heterocycles. The fourth-order valence-corrected chi connectivity index (χ4v) is 2.10. The van der Waals surface area contributed by atoms with Gasteiger partial charge < -0.3 is 10.2 Å². The Bertz CT molecular complexity index is 344. The minimum Gasteiger partial charge on any atom is -0.385 e. The lowest BCUT2D eigenvalue weighted by Crippen LogP contribution is -2.27. The summed E-state index contributed by atoms with van der Waals surface area (Å²) in [4.78, 5) is 2.35. The van der Waals surface area contributed by atoms with E-state index in [-0.39, 0.29) is 0 Å². The average molecular weight is 204 g/mol. The molecule has 0 bridgehead atoms. The maximum Gasteiger partial charge on any atom is 0.0419 e. The number of rotatable bonds is 2. The molecule has 0 atom stereocenters. The summed E-state index contributed by atoms with van der Waals surface area (Å²) in [5.41, 5.74) is 4.20. The summed E-state index contributed by atoms with van der Waals surface area (Å²) in [6.45, 7) is 5.58. The molecule has 1 aliphatic heterocycles. The van der Waals surface area contributed by atoms with Gasteiger partial charge in [0.15, 0.2) is 0 Å². The van der Waals surface area contributed by atoms with Crippen LogP contribution in [-0.2, 0) is 6.42 Å². The zero-order chi connectivity index (χ0) is 10.8. The van der Waals surface area contributed by atoms with E-state index in [0.29, 0.717) is 6.04 Å². The summed E-state index contributed by atoms with van der Waals surface area (Å²) in [7, 11) is 2.18. The van der Waals surface area contributed by atoms with Crippen molar-refractivity contribution in [2.45, 2.75) is 32.7 Å². The summed E-state index contributed by atoms with van der Waals surface area (Å²) in [6, 6.07) is 7.11. The number of hydrogen-bond acceptors (Lipinski definition) is 2. The number of benzene rings is 1. The van der Waals surface area contributed by atoms with Gasteiger partial charge in [-0.05, 0) is 44.4 Å². The van der Waals surface area contributed by atoms with Crippen LogP contribution in [-0.4, -0.2) is 19.6 Å². The molecular weight excluding hydrogens is 184 g/mol. The Kier molecular flexibility index (Phi) is 2.85. The van der Waals surface area contributed by atoms with Crippen LogP contribution in [0.1, 0.15) is 25.8 Å². The van der Waals surface area contributed by atoms with E-state index < -0.39 is 0 Å². The smallest absolute Gasteiger partial charge is 0.0419 e. The fourth-order valence-electron chi connectivity index (χ4n) is 2.10. The van der Waals surface area contributed by atoms with E-state index in [4.69, 9.17) is 0 Å². The van der Waals surface area contributed by atoms with Gasteiger partial charge in [0.1, 0.15) is 0 Å². The Balaban J connectivity index is 2.39. The molecule has 0 saturated heterocycles. The predicted octanol–water partition coefficient (Wildman–Crippen LogP) is 2.89. The number of hydrogen-bond donors (Lipinski definition) is 1. The standard InChI is InChI=1S/C13H20N2/c1-10(2)15(3)13-8-4-7-12-11(13)6-5-9-14-12/h4,7-8,10,14H,5-6,9H2,1-3H3. The Morgan fingerprint density at radius 2 is 2.13 bits per heavy atom. The van der Waals surface area contributed by atoms with E-state index in [1.165, 1.54) is 29.8 Å². The Morgan fingerprint density at radius 1 is 1.33 bits per heavy atom. The van der Waals surface area contributed by atoms with Gasteiger partial charge in [-0.15, -0.1) is 0 Å². The SMILES string of the molecule is CC(C)N(C)c1cccc2c1CCCN2. The summed E-state index contributed by atoms with van der Waals surface area (Å²) in [5, 5.41) is 3.47. The first kappa shape index (κ1) is 10.3. The van der Waals surface area contributed by atoms with Crippen LogP contribution < -0.4 is 10.2 Å². The van der Waals surface area contributed by atoms with Crippen LogP contribution in [0.4, 0.5) is 11.4 Å². The zero-order valence-electron chi connectivity index (χ0n) is 9.88. The highest BCUT2D eigenvalue weighted by Gasteiger charge is 2.15. The van der Waals surface area contributed by atoms with Crippen LogP contribution >= 0.6 is 0 Å². The second-order valence-electron chi connectivity index (χ2n) is 4.54. The van der Waals surface area contributed by atoms with Gasteiger partial charge >= 0.3 is 0 Å². The van der Waals surface area contributed by atoms with Crippen LogP contribution in [0, 0.1) is 0 Å². The highest BCUT2D eigenvalue weighted by atomic mass is 15.1. The van der Waals surface area contributed by atoms with Crippen molar-refractivity contribution in [2.75, 3.05) is 23.8 Å². The van der Waals surface area contributed by atoms with Crippen molar-refractivity contribution in [3.05, 3.63) is 23.8 Å². The van der Waals surface area contributed by atoms with Gasteiger partial charge in [0.05, 0.1) is 0 Å². The second kappa shape index (κ2) is 4.13. The highest BCUT2D eigenvalue weighted by molar-refractivity contribution is 5.67. The third-order valence-electron chi connectivity index (χ3n) is 3.22. The summed E-state index contributed by atoms with van der Waals surface area (Å²) in [5.74, 6) is 0. The molecule has 0 unspecified atom stereocenters. The lowest BCUT2D eigenvalue weighted by Gasteiger charge is -2.29. The van der Waals surface area contributed by atoms with Gasteiger partial charge in [0, 0.05) is 31.0 Å². The molecule has 0 aliphatic carbocycles. The molecule has 1 N–H and O–H groups in total. The predicted molar refractivity (Wildman–Crippen MR) is 66.8 cm³/mol. The molecule has 1 aliphatic rings. The third kappa shape index (κ3) is 1.94. The van der Waals surface area contributed by atoms with Crippen LogP contribution in [0.15, 0.2) is 18.2 Å². The molecule has 2 nitrogen and oxygen atoms in total. The molecular formula is C13H20N2. The van der Waals surface area contributed by atoms with Crippen molar-refractivity contribution in [1.82, 2.24) is 0 Å². The van der Waals surface area contributed by atoms with Crippen LogP contribution in [0.25, 0.3) is 0 Å². The average Bonchev–Trinajstić information content (AvgIpc) is 2.27. The van der Waals surface area contributed by atoms with Crippen molar-refractivity contribution < 1.29 is 0 Å². The molecule has 0 saturated carbocycles. The molecule has 2 heteroatoms. The summed E-state index contributed by atoms with van der Waals surface area (Å²) >= 11 is 0. The van der Waals surface area contributed by atoms with Crippen LogP contribution in [0.3, 0.4) is 0 Å². The van der Waals surface area contributed by atoms with Crippen molar-refractivity contribution in [3.8, 4) is 0 Å². The normalized spacial score (nSPS) is 14.7. The minimum atomic E-state index is 0.554. The van der Waals surface area contributed by atoms with E-state index in [1.807, 2.05) is 0 Å². The number of nitrogens with zero attached hydrogens (tertiary/aromatic N) is 1. The molecule has 0 fully saturated rings. The first-order valence-corrected chi connectivity index (χ1v) is 5.78. The van der Waals surface area contributed by atoms with Crippen LogP contribution in [0.5, 0.6) is 0 Å². The zero-order valence-corrected chi connectivity index (χ0v) is 9.88. The van der Waals surface area contributed by atoms with E-state index in [2.05, 4.69) is 49.3 Å². The number of nitrogens with one attached hydrogen (secondary N) is 1. The summed E-state index contributed by atoms with van der Waals surface area (Å²) in [6.07, 6.45) is 2.45. The molecule has 1 aromatic rings. The van der Waals surface area contributed by atoms with Gasteiger partial charge in [-0.1, -0.05) is 6.07 Å². The van der Waals surface area contributed by atoms with E-state index >= 15 is 0 Å².